The molecule has 0 radical (unpaired) electrons. The molecule has 2 aromatic carbocycles. The van der Waals surface area contributed by atoms with E-state index in [1.807, 2.05) is 0 Å². The molecule has 3 rings (SSSR count). The van der Waals surface area contributed by atoms with Crippen LogP contribution in [0.25, 0.3) is 11.0 Å². The third kappa shape index (κ3) is 2.93. The smallest absolute Gasteiger partial charge is 0.178 e. The normalized spacial score (nSPS) is 12.7. The zero-order valence-electron chi connectivity index (χ0n) is 12.5. The molecule has 0 aliphatic carbocycles. The Hall–Kier alpha value is -1.87. The summed E-state index contributed by atoms with van der Waals surface area (Å²) in [6, 6.07) is 17.5. The topological polar surface area (TPSA) is 20.7 Å². The van der Waals surface area contributed by atoms with Gasteiger partial charge in [0.05, 0.1) is 11.0 Å². The number of rotatable bonds is 4. The van der Waals surface area contributed by atoms with Crippen molar-refractivity contribution in [1.82, 2.24) is 9.55 Å². The number of hydrogen-bond donors (Lipinski definition) is 1. The van der Waals surface area contributed by atoms with Gasteiger partial charge < -0.3 is 9.55 Å². The molecule has 1 heterocycles. The van der Waals surface area contributed by atoms with Crippen LogP contribution in [0.2, 0.25) is 0 Å². The highest BCUT2D eigenvalue weighted by molar-refractivity contribution is 7.71. The first-order valence-electron chi connectivity index (χ1n) is 7.40. The van der Waals surface area contributed by atoms with Crippen LogP contribution in [0.15, 0.2) is 48.5 Å². The van der Waals surface area contributed by atoms with Crippen LogP contribution in [0, 0.1) is 11.7 Å². The monoisotopic (exact) mass is 296 g/mol. The number of nitrogens with one attached hydrogen (secondary N) is 1. The lowest BCUT2D eigenvalue weighted by atomic mass is 10.1. The number of aryl methyl sites for hydroxylation is 2. The van der Waals surface area contributed by atoms with Crippen LogP contribution in [0.5, 0.6) is 0 Å². The maximum atomic E-state index is 5.51. The molecule has 1 N–H and O–H groups in total. The molecule has 0 saturated carbocycles. The average Bonchev–Trinajstić information content (AvgIpc) is 2.81. The molecule has 3 heteroatoms. The van der Waals surface area contributed by atoms with Gasteiger partial charge in [0, 0.05) is 6.04 Å². The predicted molar refractivity (Wildman–Crippen MR) is 91.3 cm³/mol. The first-order valence-corrected chi connectivity index (χ1v) is 7.81. The number of aromatic amines is 1. The van der Waals surface area contributed by atoms with Crippen molar-refractivity contribution < 1.29 is 0 Å². The zero-order valence-corrected chi connectivity index (χ0v) is 13.3. The van der Waals surface area contributed by atoms with E-state index in [1.54, 1.807) is 0 Å². The SMILES string of the molecule is Cc1ccc2c(c1)[nH]c(=S)n2C(C)CCc1ccccc1. The van der Waals surface area contributed by atoms with Crippen LogP contribution in [0.1, 0.15) is 30.5 Å². The summed E-state index contributed by atoms with van der Waals surface area (Å²) < 4.78 is 3.06. The van der Waals surface area contributed by atoms with E-state index in [0.29, 0.717) is 6.04 Å². The van der Waals surface area contributed by atoms with E-state index in [1.165, 1.54) is 16.6 Å². The van der Waals surface area contributed by atoms with Gasteiger partial charge in [0.1, 0.15) is 0 Å². The Morgan fingerprint density at radius 2 is 1.90 bits per heavy atom. The minimum absolute atomic E-state index is 0.383. The summed E-state index contributed by atoms with van der Waals surface area (Å²) >= 11 is 5.51. The Morgan fingerprint density at radius 3 is 2.67 bits per heavy atom. The largest absolute Gasteiger partial charge is 0.331 e. The highest BCUT2D eigenvalue weighted by Crippen LogP contribution is 2.23. The molecule has 0 saturated heterocycles. The molecular weight excluding hydrogens is 276 g/mol. The second-order valence-corrected chi connectivity index (χ2v) is 6.08. The van der Waals surface area contributed by atoms with Crippen LogP contribution in [-0.2, 0) is 6.42 Å². The third-order valence-electron chi connectivity index (χ3n) is 4.01. The molecule has 0 amide bonds. The molecule has 0 fully saturated rings. The van der Waals surface area contributed by atoms with Gasteiger partial charge in [-0.1, -0.05) is 36.4 Å². The van der Waals surface area contributed by atoms with Crippen LogP contribution in [0.3, 0.4) is 0 Å². The Kier molecular flexibility index (Phi) is 3.93. The van der Waals surface area contributed by atoms with E-state index < -0.39 is 0 Å². The minimum Gasteiger partial charge on any atom is -0.331 e. The molecule has 21 heavy (non-hydrogen) atoms. The van der Waals surface area contributed by atoms with E-state index in [9.17, 15) is 0 Å². The average molecular weight is 296 g/mol. The summed E-state index contributed by atoms with van der Waals surface area (Å²) in [6.45, 7) is 4.35. The maximum Gasteiger partial charge on any atom is 0.178 e. The fourth-order valence-electron chi connectivity index (χ4n) is 2.83. The molecule has 0 bridgehead atoms. The molecule has 2 nitrogen and oxygen atoms in total. The lowest BCUT2D eigenvalue weighted by Gasteiger charge is -2.14. The summed E-state index contributed by atoms with van der Waals surface area (Å²) in [5, 5.41) is 0. The Balaban J connectivity index is 1.86. The molecule has 1 atom stereocenters. The lowest BCUT2D eigenvalue weighted by Crippen LogP contribution is -2.06. The first kappa shape index (κ1) is 14.1. The molecule has 0 aliphatic rings. The van der Waals surface area contributed by atoms with Crippen molar-refractivity contribution in [3.8, 4) is 0 Å². The molecule has 3 aromatic rings. The van der Waals surface area contributed by atoms with Crippen molar-refractivity contribution in [2.75, 3.05) is 0 Å². The third-order valence-corrected chi connectivity index (χ3v) is 4.31. The summed E-state index contributed by atoms with van der Waals surface area (Å²) in [7, 11) is 0. The van der Waals surface area contributed by atoms with E-state index in [0.717, 1.165) is 23.1 Å². The number of fused-ring (bicyclic) bond motifs is 1. The quantitative estimate of drug-likeness (QED) is 0.656. The fraction of sp³-hybridized carbons (Fsp3) is 0.278. The number of aromatic nitrogens is 2. The van der Waals surface area contributed by atoms with Gasteiger partial charge in [-0.3, -0.25) is 0 Å². The Morgan fingerprint density at radius 1 is 1.14 bits per heavy atom. The van der Waals surface area contributed by atoms with Crippen molar-refractivity contribution in [2.24, 2.45) is 0 Å². The van der Waals surface area contributed by atoms with Gasteiger partial charge >= 0.3 is 0 Å². The number of nitrogens with zero attached hydrogens (tertiary/aromatic N) is 1. The second-order valence-electron chi connectivity index (χ2n) is 5.69. The van der Waals surface area contributed by atoms with Gasteiger partial charge in [0.15, 0.2) is 4.77 Å². The van der Waals surface area contributed by atoms with E-state index in [2.05, 4.69) is 71.9 Å². The van der Waals surface area contributed by atoms with Crippen molar-refractivity contribution in [3.05, 3.63) is 64.4 Å². The summed E-state index contributed by atoms with van der Waals surface area (Å²) in [4.78, 5) is 3.32. The maximum absolute atomic E-state index is 5.51. The predicted octanol–water partition coefficient (Wildman–Crippen LogP) is 5.20. The highest BCUT2D eigenvalue weighted by atomic mass is 32.1. The van der Waals surface area contributed by atoms with Gasteiger partial charge in [-0.2, -0.15) is 0 Å². The molecule has 0 spiro atoms. The van der Waals surface area contributed by atoms with Gasteiger partial charge in [-0.25, -0.2) is 0 Å². The molecule has 1 aromatic heterocycles. The minimum atomic E-state index is 0.383. The number of hydrogen-bond acceptors (Lipinski definition) is 1. The summed E-state index contributed by atoms with van der Waals surface area (Å²) in [5.41, 5.74) is 4.96. The van der Waals surface area contributed by atoms with Crippen LogP contribution >= 0.6 is 12.2 Å². The van der Waals surface area contributed by atoms with Crippen LogP contribution in [-0.4, -0.2) is 9.55 Å². The van der Waals surface area contributed by atoms with E-state index in [-0.39, 0.29) is 0 Å². The molecular formula is C18H20N2S. The van der Waals surface area contributed by atoms with Crippen molar-refractivity contribution >= 4 is 23.3 Å². The van der Waals surface area contributed by atoms with Crippen molar-refractivity contribution in [2.45, 2.75) is 32.7 Å². The number of imidazole rings is 1. The molecule has 1 unspecified atom stereocenters. The summed E-state index contributed by atoms with van der Waals surface area (Å²) in [5.74, 6) is 0. The standard InChI is InChI=1S/C18H20N2S/c1-13-8-11-17-16(12-13)19-18(21)20(17)14(2)9-10-15-6-4-3-5-7-15/h3-8,11-12,14H,9-10H2,1-2H3,(H,19,21). The molecule has 108 valence electrons. The van der Waals surface area contributed by atoms with E-state index >= 15 is 0 Å². The highest BCUT2D eigenvalue weighted by Gasteiger charge is 2.11. The first-order chi connectivity index (χ1) is 10.1. The number of benzene rings is 2. The van der Waals surface area contributed by atoms with E-state index in [4.69, 9.17) is 12.2 Å². The van der Waals surface area contributed by atoms with Crippen LogP contribution in [0.4, 0.5) is 0 Å². The van der Waals surface area contributed by atoms with Gasteiger partial charge in [0.2, 0.25) is 0 Å². The van der Waals surface area contributed by atoms with Gasteiger partial charge in [-0.05, 0) is 62.2 Å². The Labute approximate surface area is 130 Å². The van der Waals surface area contributed by atoms with Crippen LogP contribution < -0.4 is 0 Å². The Bertz CT molecular complexity index is 799. The summed E-state index contributed by atoms with van der Waals surface area (Å²) in [6.07, 6.45) is 2.15. The van der Waals surface area contributed by atoms with Gasteiger partial charge in [-0.15, -0.1) is 0 Å². The fourth-order valence-corrected chi connectivity index (χ4v) is 3.22. The van der Waals surface area contributed by atoms with Crippen molar-refractivity contribution in [1.29, 1.82) is 0 Å². The number of H-pyrrole nitrogens is 1. The molecule has 0 aliphatic heterocycles. The zero-order chi connectivity index (χ0) is 14.8. The second kappa shape index (κ2) is 5.86. The lowest BCUT2D eigenvalue weighted by molar-refractivity contribution is 0.514. The van der Waals surface area contributed by atoms with Gasteiger partial charge in [0.25, 0.3) is 0 Å². The van der Waals surface area contributed by atoms with Crippen molar-refractivity contribution in [3.63, 3.8) is 0 Å².